The average Bonchev–Trinajstić information content (AvgIpc) is 2.68. The molecule has 0 radical (unpaired) electrons. The molecular formula is C19H23N5O2. The Morgan fingerprint density at radius 2 is 1.85 bits per heavy atom. The number of amides is 1. The van der Waals surface area contributed by atoms with Crippen molar-refractivity contribution in [1.29, 1.82) is 0 Å². The third kappa shape index (κ3) is 4.23. The van der Waals surface area contributed by atoms with E-state index in [0.717, 1.165) is 38.5 Å². The summed E-state index contributed by atoms with van der Waals surface area (Å²) in [6.45, 7) is 8.54. The van der Waals surface area contributed by atoms with Crippen LogP contribution < -0.4 is 10.2 Å². The van der Waals surface area contributed by atoms with Gasteiger partial charge in [-0.25, -0.2) is 0 Å². The first-order valence-electron chi connectivity index (χ1n) is 8.80. The van der Waals surface area contributed by atoms with Gasteiger partial charge in [0.25, 0.3) is 5.91 Å². The minimum atomic E-state index is -0.347. The van der Waals surface area contributed by atoms with Crippen LogP contribution in [-0.2, 0) is 0 Å². The van der Waals surface area contributed by atoms with Crippen molar-refractivity contribution >= 4 is 23.2 Å². The molecular weight excluding hydrogens is 330 g/mol. The molecule has 1 aromatic heterocycles. The number of carbonyl (C=O) groups is 2. The zero-order valence-corrected chi connectivity index (χ0v) is 15.1. The van der Waals surface area contributed by atoms with Crippen molar-refractivity contribution < 1.29 is 9.59 Å². The Labute approximate surface area is 153 Å². The van der Waals surface area contributed by atoms with Crippen LogP contribution in [0.4, 0.5) is 11.5 Å². The molecule has 0 atom stereocenters. The molecule has 1 amide bonds. The van der Waals surface area contributed by atoms with Gasteiger partial charge in [0.2, 0.25) is 0 Å². The van der Waals surface area contributed by atoms with Gasteiger partial charge in [-0.3, -0.25) is 9.59 Å². The zero-order chi connectivity index (χ0) is 18.5. The molecule has 7 nitrogen and oxygen atoms in total. The first kappa shape index (κ1) is 18.0. The second-order valence-corrected chi connectivity index (χ2v) is 6.29. The third-order valence-corrected chi connectivity index (χ3v) is 4.55. The summed E-state index contributed by atoms with van der Waals surface area (Å²) >= 11 is 0. The fourth-order valence-corrected chi connectivity index (χ4v) is 2.92. The van der Waals surface area contributed by atoms with Crippen molar-refractivity contribution in [3.05, 3.63) is 47.7 Å². The van der Waals surface area contributed by atoms with Crippen LogP contribution in [0.5, 0.6) is 0 Å². The van der Waals surface area contributed by atoms with E-state index >= 15 is 0 Å². The van der Waals surface area contributed by atoms with Crippen LogP contribution in [-0.4, -0.2) is 59.5 Å². The van der Waals surface area contributed by atoms with Gasteiger partial charge in [0.05, 0.1) is 0 Å². The second-order valence-electron chi connectivity index (χ2n) is 6.29. The van der Waals surface area contributed by atoms with E-state index in [1.54, 1.807) is 30.3 Å². The lowest BCUT2D eigenvalue weighted by Crippen LogP contribution is -2.46. The molecule has 2 aromatic rings. The number of hydrogen-bond acceptors (Lipinski definition) is 6. The first-order chi connectivity index (χ1) is 12.6. The maximum atomic E-state index is 12.3. The molecule has 1 fully saturated rings. The first-order valence-corrected chi connectivity index (χ1v) is 8.80. The van der Waals surface area contributed by atoms with Gasteiger partial charge in [0.1, 0.15) is 0 Å². The maximum Gasteiger partial charge on any atom is 0.276 e. The Balaban J connectivity index is 1.64. The third-order valence-electron chi connectivity index (χ3n) is 4.55. The van der Waals surface area contributed by atoms with E-state index in [-0.39, 0.29) is 17.4 Å². The number of aromatic nitrogens is 2. The second kappa shape index (κ2) is 8.05. The lowest BCUT2D eigenvalue weighted by atomic mass is 10.1. The number of Topliss-reactive ketones (excluding diaryl/α,β-unsaturated/α-hetero) is 1. The summed E-state index contributed by atoms with van der Waals surface area (Å²) < 4.78 is 0. The minimum absolute atomic E-state index is 0.0478. The number of likely N-dealkylation sites (N-methyl/N-ethyl adjacent to an activating group) is 1. The number of anilines is 2. The number of nitrogens with zero attached hydrogens (tertiary/aromatic N) is 4. The number of benzene rings is 1. The Hall–Kier alpha value is -2.80. The lowest BCUT2D eigenvalue weighted by Gasteiger charge is -2.34. The molecule has 1 aliphatic heterocycles. The van der Waals surface area contributed by atoms with Crippen LogP contribution in [0.15, 0.2) is 36.4 Å². The zero-order valence-electron chi connectivity index (χ0n) is 15.1. The van der Waals surface area contributed by atoms with Gasteiger partial charge in [-0.2, -0.15) is 0 Å². The molecule has 0 bridgehead atoms. The Bertz CT molecular complexity index is 783. The van der Waals surface area contributed by atoms with Crippen LogP contribution in [0.2, 0.25) is 0 Å². The highest BCUT2D eigenvalue weighted by molar-refractivity contribution is 6.03. The van der Waals surface area contributed by atoms with E-state index in [9.17, 15) is 9.59 Å². The van der Waals surface area contributed by atoms with E-state index in [1.165, 1.54) is 6.92 Å². The van der Waals surface area contributed by atoms with E-state index in [2.05, 4.69) is 32.2 Å². The normalized spacial score (nSPS) is 14.9. The van der Waals surface area contributed by atoms with Crippen LogP contribution in [0.3, 0.4) is 0 Å². The molecule has 0 unspecified atom stereocenters. The topological polar surface area (TPSA) is 78.4 Å². The number of hydrogen-bond donors (Lipinski definition) is 1. The van der Waals surface area contributed by atoms with E-state index in [0.29, 0.717) is 11.3 Å². The summed E-state index contributed by atoms with van der Waals surface area (Å²) in [6.07, 6.45) is 0. The molecule has 136 valence electrons. The number of piperazine rings is 1. The highest BCUT2D eigenvalue weighted by Crippen LogP contribution is 2.15. The van der Waals surface area contributed by atoms with E-state index in [1.807, 2.05) is 6.07 Å². The maximum absolute atomic E-state index is 12.3. The van der Waals surface area contributed by atoms with Crippen molar-refractivity contribution in [3.63, 3.8) is 0 Å². The highest BCUT2D eigenvalue weighted by atomic mass is 16.2. The van der Waals surface area contributed by atoms with Crippen LogP contribution >= 0.6 is 0 Å². The molecule has 2 heterocycles. The molecule has 1 aromatic carbocycles. The van der Waals surface area contributed by atoms with Crippen LogP contribution in [0.25, 0.3) is 0 Å². The molecule has 26 heavy (non-hydrogen) atoms. The van der Waals surface area contributed by atoms with E-state index in [4.69, 9.17) is 0 Å². The fraction of sp³-hybridized carbons (Fsp3) is 0.368. The largest absolute Gasteiger partial charge is 0.353 e. The van der Waals surface area contributed by atoms with Crippen molar-refractivity contribution in [2.24, 2.45) is 0 Å². The van der Waals surface area contributed by atoms with Crippen LogP contribution in [0.1, 0.15) is 34.7 Å². The number of rotatable bonds is 5. The fourth-order valence-electron chi connectivity index (χ4n) is 2.92. The summed E-state index contributed by atoms with van der Waals surface area (Å²) in [6, 6.07) is 10.3. The lowest BCUT2D eigenvalue weighted by molar-refractivity contribution is 0.100. The molecule has 0 saturated carbocycles. The monoisotopic (exact) mass is 353 g/mol. The standard InChI is InChI=1S/C19H23N5O2/c1-3-23-9-11-24(12-10-23)18-8-7-17(21-22-18)19(26)20-16-6-4-5-15(13-16)14(2)25/h4-8,13H,3,9-12H2,1-2H3,(H,20,26). The summed E-state index contributed by atoms with van der Waals surface area (Å²) in [4.78, 5) is 28.4. The molecule has 1 aliphatic rings. The summed E-state index contributed by atoms with van der Waals surface area (Å²) in [5.74, 6) is 0.393. The molecule has 0 spiro atoms. The number of nitrogens with one attached hydrogen (secondary N) is 1. The molecule has 7 heteroatoms. The highest BCUT2D eigenvalue weighted by Gasteiger charge is 2.18. The van der Waals surface area contributed by atoms with Crippen molar-refractivity contribution in [2.75, 3.05) is 42.9 Å². The van der Waals surface area contributed by atoms with Gasteiger partial charge < -0.3 is 15.1 Å². The van der Waals surface area contributed by atoms with Gasteiger partial charge in [0.15, 0.2) is 17.3 Å². The number of carbonyl (C=O) groups excluding carboxylic acids is 2. The predicted octanol–water partition coefficient (Wildman–Crippen LogP) is 2.07. The summed E-state index contributed by atoms with van der Waals surface area (Å²) in [5, 5.41) is 11.0. The van der Waals surface area contributed by atoms with Crippen molar-refractivity contribution in [2.45, 2.75) is 13.8 Å². The van der Waals surface area contributed by atoms with Crippen molar-refractivity contribution in [3.8, 4) is 0 Å². The van der Waals surface area contributed by atoms with Gasteiger partial charge in [-0.15, -0.1) is 10.2 Å². The summed E-state index contributed by atoms with van der Waals surface area (Å²) in [7, 11) is 0. The molecule has 1 saturated heterocycles. The SMILES string of the molecule is CCN1CCN(c2ccc(C(=O)Nc3cccc(C(C)=O)c3)nn2)CC1. The summed E-state index contributed by atoms with van der Waals surface area (Å²) in [5.41, 5.74) is 1.36. The van der Waals surface area contributed by atoms with E-state index < -0.39 is 0 Å². The van der Waals surface area contributed by atoms with Crippen LogP contribution in [0, 0.1) is 0 Å². The number of ketones is 1. The quantitative estimate of drug-likeness (QED) is 0.829. The van der Waals surface area contributed by atoms with Crippen molar-refractivity contribution in [1.82, 2.24) is 15.1 Å². The molecule has 0 aliphatic carbocycles. The Morgan fingerprint density at radius 1 is 1.08 bits per heavy atom. The molecule has 1 N–H and O–H groups in total. The van der Waals surface area contributed by atoms with Gasteiger partial charge in [0, 0.05) is 37.4 Å². The Kier molecular flexibility index (Phi) is 5.58. The smallest absolute Gasteiger partial charge is 0.276 e. The van der Waals surface area contributed by atoms with Gasteiger partial charge >= 0.3 is 0 Å². The average molecular weight is 353 g/mol. The Morgan fingerprint density at radius 3 is 2.46 bits per heavy atom. The van der Waals surface area contributed by atoms with Gasteiger partial charge in [-0.1, -0.05) is 19.1 Å². The van der Waals surface area contributed by atoms with Gasteiger partial charge in [-0.05, 0) is 37.7 Å². The predicted molar refractivity (Wildman–Crippen MR) is 101 cm³/mol. The molecule has 3 rings (SSSR count). The minimum Gasteiger partial charge on any atom is -0.353 e.